The van der Waals surface area contributed by atoms with Gasteiger partial charge in [-0.1, -0.05) is 0 Å². The molecule has 0 saturated carbocycles. The van der Waals surface area contributed by atoms with Gasteiger partial charge in [0.15, 0.2) is 0 Å². The van der Waals surface area contributed by atoms with Crippen LogP contribution < -0.4 is 5.73 Å². The molecule has 2 N–H and O–H groups in total. The summed E-state index contributed by atoms with van der Waals surface area (Å²) in [6, 6.07) is 0. The fourth-order valence-electron chi connectivity index (χ4n) is 1.59. The van der Waals surface area contributed by atoms with Gasteiger partial charge in [-0.25, -0.2) is 9.97 Å². The Bertz CT molecular complexity index is 267. The maximum atomic E-state index is 5.41. The van der Waals surface area contributed by atoms with Crippen molar-refractivity contribution in [3.8, 4) is 0 Å². The van der Waals surface area contributed by atoms with Gasteiger partial charge in [-0.3, -0.25) is 0 Å². The standard InChI is InChI=1S/C9H13N3O/c10-9-11-5-8(6-12-9)7-1-3-13-4-2-7/h5-7H,1-4H2,(H2,10,11,12). The third-order valence-corrected chi connectivity index (χ3v) is 2.38. The van der Waals surface area contributed by atoms with Gasteiger partial charge < -0.3 is 10.5 Å². The molecule has 1 aliphatic rings. The van der Waals surface area contributed by atoms with Crippen LogP contribution in [0.5, 0.6) is 0 Å². The second-order valence-corrected chi connectivity index (χ2v) is 3.26. The summed E-state index contributed by atoms with van der Waals surface area (Å²) in [5.74, 6) is 0.894. The van der Waals surface area contributed by atoms with Crippen molar-refractivity contribution in [1.29, 1.82) is 0 Å². The molecule has 4 heteroatoms. The number of nitrogens with two attached hydrogens (primary N) is 1. The van der Waals surface area contributed by atoms with E-state index in [1.165, 1.54) is 5.56 Å². The molecular weight excluding hydrogens is 166 g/mol. The van der Waals surface area contributed by atoms with Crippen molar-refractivity contribution in [2.24, 2.45) is 0 Å². The molecule has 2 rings (SSSR count). The Morgan fingerprint density at radius 1 is 1.23 bits per heavy atom. The highest BCUT2D eigenvalue weighted by Gasteiger charge is 2.16. The first-order chi connectivity index (χ1) is 6.36. The van der Waals surface area contributed by atoms with E-state index < -0.39 is 0 Å². The summed E-state index contributed by atoms with van der Waals surface area (Å²) in [4.78, 5) is 7.96. The monoisotopic (exact) mass is 179 g/mol. The molecule has 1 aliphatic heterocycles. The quantitative estimate of drug-likeness (QED) is 0.697. The minimum Gasteiger partial charge on any atom is -0.381 e. The van der Waals surface area contributed by atoms with Crippen LogP contribution in [0, 0.1) is 0 Å². The number of aromatic nitrogens is 2. The van der Waals surface area contributed by atoms with Crippen LogP contribution in [0.3, 0.4) is 0 Å². The van der Waals surface area contributed by atoms with E-state index in [1.54, 1.807) is 0 Å². The molecule has 13 heavy (non-hydrogen) atoms. The molecule has 0 bridgehead atoms. The average Bonchev–Trinajstić information content (AvgIpc) is 2.20. The molecule has 0 aliphatic carbocycles. The number of hydrogen-bond acceptors (Lipinski definition) is 4. The average molecular weight is 179 g/mol. The number of ether oxygens (including phenoxy) is 1. The Kier molecular flexibility index (Phi) is 2.40. The van der Waals surface area contributed by atoms with E-state index >= 15 is 0 Å². The summed E-state index contributed by atoms with van der Waals surface area (Å²) in [5.41, 5.74) is 6.59. The minimum atomic E-state index is 0.343. The van der Waals surface area contributed by atoms with Crippen LogP contribution >= 0.6 is 0 Å². The summed E-state index contributed by atoms with van der Waals surface area (Å²) in [6.45, 7) is 1.68. The molecule has 0 amide bonds. The lowest BCUT2D eigenvalue weighted by Gasteiger charge is -2.21. The molecule has 1 aromatic rings. The summed E-state index contributed by atoms with van der Waals surface area (Å²) < 4.78 is 5.28. The van der Waals surface area contributed by atoms with E-state index in [0.29, 0.717) is 11.9 Å². The Labute approximate surface area is 77.1 Å². The molecule has 0 radical (unpaired) electrons. The lowest BCUT2D eigenvalue weighted by molar-refractivity contribution is 0.0852. The summed E-state index contributed by atoms with van der Waals surface area (Å²) in [5, 5.41) is 0. The molecule has 1 aromatic heterocycles. The minimum absolute atomic E-state index is 0.343. The Morgan fingerprint density at radius 2 is 1.85 bits per heavy atom. The van der Waals surface area contributed by atoms with Crippen LogP contribution in [0.25, 0.3) is 0 Å². The van der Waals surface area contributed by atoms with E-state index in [1.807, 2.05) is 12.4 Å². The van der Waals surface area contributed by atoms with Gasteiger partial charge in [0.2, 0.25) is 5.95 Å². The lowest BCUT2D eigenvalue weighted by Crippen LogP contribution is -2.14. The predicted octanol–water partition coefficient (Wildman–Crippen LogP) is 0.953. The SMILES string of the molecule is Nc1ncc(C2CCOCC2)cn1. The first-order valence-electron chi connectivity index (χ1n) is 4.51. The van der Waals surface area contributed by atoms with Gasteiger partial charge in [0.25, 0.3) is 0 Å². The van der Waals surface area contributed by atoms with Crippen molar-refractivity contribution < 1.29 is 4.74 Å². The van der Waals surface area contributed by atoms with E-state index in [2.05, 4.69) is 9.97 Å². The first kappa shape index (κ1) is 8.44. The second kappa shape index (κ2) is 3.70. The fourth-order valence-corrected chi connectivity index (χ4v) is 1.59. The third kappa shape index (κ3) is 1.95. The zero-order chi connectivity index (χ0) is 9.10. The van der Waals surface area contributed by atoms with Crippen LogP contribution in [0.4, 0.5) is 5.95 Å². The van der Waals surface area contributed by atoms with Crippen molar-refractivity contribution in [3.63, 3.8) is 0 Å². The van der Waals surface area contributed by atoms with Gasteiger partial charge in [0, 0.05) is 25.6 Å². The van der Waals surface area contributed by atoms with Crippen LogP contribution in [0.15, 0.2) is 12.4 Å². The van der Waals surface area contributed by atoms with E-state index in [-0.39, 0.29) is 0 Å². The maximum Gasteiger partial charge on any atom is 0.219 e. The zero-order valence-corrected chi connectivity index (χ0v) is 7.44. The molecule has 0 aromatic carbocycles. The zero-order valence-electron chi connectivity index (χ0n) is 7.44. The van der Waals surface area contributed by atoms with Crippen LogP contribution in [-0.4, -0.2) is 23.2 Å². The van der Waals surface area contributed by atoms with Crippen LogP contribution in [0.2, 0.25) is 0 Å². The maximum absolute atomic E-state index is 5.41. The first-order valence-corrected chi connectivity index (χ1v) is 4.51. The van der Waals surface area contributed by atoms with Crippen molar-refractivity contribution in [1.82, 2.24) is 9.97 Å². The number of nitrogens with zero attached hydrogens (tertiary/aromatic N) is 2. The van der Waals surface area contributed by atoms with E-state index in [9.17, 15) is 0 Å². The number of hydrogen-bond donors (Lipinski definition) is 1. The molecular formula is C9H13N3O. The van der Waals surface area contributed by atoms with Gasteiger partial charge in [0.1, 0.15) is 0 Å². The smallest absolute Gasteiger partial charge is 0.219 e. The van der Waals surface area contributed by atoms with Crippen molar-refractivity contribution in [2.75, 3.05) is 18.9 Å². The third-order valence-electron chi connectivity index (χ3n) is 2.38. The van der Waals surface area contributed by atoms with E-state index in [0.717, 1.165) is 26.1 Å². The number of anilines is 1. The number of rotatable bonds is 1. The summed E-state index contributed by atoms with van der Waals surface area (Å²) >= 11 is 0. The summed E-state index contributed by atoms with van der Waals surface area (Å²) in [7, 11) is 0. The van der Waals surface area contributed by atoms with Crippen molar-refractivity contribution in [3.05, 3.63) is 18.0 Å². The van der Waals surface area contributed by atoms with Gasteiger partial charge in [-0.15, -0.1) is 0 Å². The predicted molar refractivity (Wildman–Crippen MR) is 49.2 cm³/mol. The van der Waals surface area contributed by atoms with Crippen LogP contribution in [0.1, 0.15) is 24.3 Å². The molecule has 0 atom stereocenters. The Balaban J connectivity index is 2.10. The van der Waals surface area contributed by atoms with Crippen molar-refractivity contribution in [2.45, 2.75) is 18.8 Å². The fraction of sp³-hybridized carbons (Fsp3) is 0.556. The lowest BCUT2D eigenvalue weighted by atomic mass is 9.94. The molecule has 1 fully saturated rings. The highest BCUT2D eigenvalue weighted by molar-refractivity contribution is 5.20. The summed E-state index contributed by atoms with van der Waals surface area (Å²) in [6.07, 6.45) is 5.76. The molecule has 0 spiro atoms. The van der Waals surface area contributed by atoms with Gasteiger partial charge in [-0.05, 0) is 24.3 Å². The van der Waals surface area contributed by atoms with Gasteiger partial charge in [0.05, 0.1) is 0 Å². The molecule has 70 valence electrons. The molecule has 2 heterocycles. The van der Waals surface area contributed by atoms with Gasteiger partial charge in [-0.2, -0.15) is 0 Å². The molecule has 1 saturated heterocycles. The largest absolute Gasteiger partial charge is 0.381 e. The van der Waals surface area contributed by atoms with Crippen molar-refractivity contribution >= 4 is 5.95 Å². The molecule has 4 nitrogen and oxygen atoms in total. The highest BCUT2D eigenvalue weighted by Crippen LogP contribution is 2.25. The topological polar surface area (TPSA) is 61.0 Å². The highest BCUT2D eigenvalue weighted by atomic mass is 16.5. The molecule has 0 unspecified atom stereocenters. The Hall–Kier alpha value is -1.16. The normalized spacial score (nSPS) is 18.8. The second-order valence-electron chi connectivity index (χ2n) is 3.26. The van der Waals surface area contributed by atoms with Crippen LogP contribution in [-0.2, 0) is 4.74 Å². The van der Waals surface area contributed by atoms with Gasteiger partial charge >= 0.3 is 0 Å². The Morgan fingerprint density at radius 3 is 2.46 bits per heavy atom. The number of nitrogen functional groups attached to an aromatic ring is 1. The van der Waals surface area contributed by atoms with E-state index in [4.69, 9.17) is 10.5 Å².